The van der Waals surface area contributed by atoms with Gasteiger partial charge in [-0.3, -0.25) is 19.0 Å². The first kappa shape index (κ1) is 15.7. The molecule has 0 aliphatic carbocycles. The van der Waals surface area contributed by atoms with Crippen LogP contribution >= 0.6 is 0 Å². The van der Waals surface area contributed by atoms with Gasteiger partial charge in [-0.15, -0.1) is 0 Å². The molecule has 0 radical (unpaired) electrons. The van der Waals surface area contributed by atoms with Crippen LogP contribution in [0.15, 0.2) is 24.7 Å². The maximum absolute atomic E-state index is 12.1. The van der Waals surface area contributed by atoms with Gasteiger partial charge in [-0.2, -0.15) is 10.2 Å². The van der Waals surface area contributed by atoms with Crippen molar-refractivity contribution in [3.05, 3.63) is 30.2 Å². The topological polar surface area (TPSA) is 108 Å². The molecule has 0 bridgehead atoms. The minimum absolute atomic E-state index is 0.186. The summed E-state index contributed by atoms with van der Waals surface area (Å²) in [5.74, 6) is -0.260. The maximum Gasteiger partial charge on any atom is 0.260 e. The summed E-state index contributed by atoms with van der Waals surface area (Å²) >= 11 is 0. The van der Waals surface area contributed by atoms with Crippen molar-refractivity contribution in [2.75, 3.05) is 5.32 Å². The Morgan fingerprint density at radius 1 is 1.36 bits per heavy atom. The van der Waals surface area contributed by atoms with E-state index in [9.17, 15) is 9.59 Å². The molecule has 2 rings (SSSR count). The van der Waals surface area contributed by atoms with Gasteiger partial charge in [-0.05, 0) is 20.8 Å². The van der Waals surface area contributed by atoms with Gasteiger partial charge < -0.3 is 11.1 Å². The van der Waals surface area contributed by atoms with Crippen LogP contribution in [0.1, 0.15) is 37.6 Å². The number of aromatic nitrogens is 4. The van der Waals surface area contributed by atoms with E-state index in [1.54, 1.807) is 27.8 Å². The molecule has 2 aromatic rings. The number of primary amides is 1. The number of carbonyl (C=O) groups excluding carboxylic acids is 2. The highest BCUT2D eigenvalue weighted by atomic mass is 16.2. The normalized spacial score (nSPS) is 11.4. The molecular formula is C14H20N6O2. The number of nitrogens with one attached hydrogen (secondary N) is 1. The second-order valence-electron chi connectivity index (χ2n) is 5.98. The summed E-state index contributed by atoms with van der Waals surface area (Å²) in [4.78, 5) is 22.9. The van der Waals surface area contributed by atoms with Crippen LogP contribution in [0.4, 0.5) is 5.82 Å². The van der Waals surface area contributed by atoms with Gasteiger partial charge >= 0.3 is 0 Å². The van der Waals surface area contributed by atoms with Gasteiger partial charge in [-0.25, -0.2) is 0 Å². The molecule has 0 saturated heterocycles. The van der Waals surface area contributed by atoms with Crippen molar-refractivity contribution in [3.63, 3.8) is 0 Å². The molecule has 8 heteroatoms. The number of hydrogen-bond acceptors (Lipinski definition) is 4. The number of rotatable bonds is 5. The number of anilines is 1. The fourth-order valence-corrected chi connectivity index (χ4v) is 1.77. The van der Waals surface area contributed by atoms with E-state index < -0.39 is 5.91 Å². The Balaban J connectivity index is 2.00. The highest BCUT2D eigenvalue weighted by Gasteiger charge is 2.17. The van der Waals surface area contributed by atoms with Gasteiger partial charge in [0, 0.05) is 31.4 Å². The van der Waals surface area contributed by atoms with Crippen molar-refractivity contribution in [1.82, 2.24) is 19.6 Å². The summed E-state index contributed by atoms with van der Waals surface area (Å²) in [5, 5.41) is 11.0. The molecule has 8 nitrogen and oxygen atoms in total. The Bertz CT molecular complexity index is 680. The molecule has 0 aliphatic rings. The Labute approximate surface area is 128 Å². The average Bonchev–Trinajstić information content (AvgIpc) is 3.04. The molecule has 22 heavy (non-hydrogen) atoms. The van der Waals surface area contributed by atoms with Gasteiger partial charge in [0.05, 0.1) is 17.3 Å². The smallest absolute Gasteiger partial charge is 0.260 e. The predicted molar refractivity (Wildman–Crippen MR) is 81.2 cm³/mol. The van der Waals surface area contributed by atoms with Crippen LogP contribution in [0.2, 0.25) is 0 Å². The third kappa shape index (κ3) is 3.94. The first-order valence-corrected chi connectivity index (χ1v) is 6.94. The summed E-state index contributed by atoms with van der Waals surface area (Å²) in [6, 6.07) is 1.66. The number of carbonyl (C=O) groups is 2. The molecule has 2 heterocycles. The van der Waals surface area contributed by atoms with Gasteiger partial charge in [-0.1, -0.05) is 0 Å². The molecule has 0 atom stereocenters. The molecular weight excluding hydrogens is 284 g/mol. The van der Waals surface area contributed by atoms with E-state index in [0.29, 0.717) is 17.9 Å². The van der Waals surface area contributed by atoms with Crippen LogP contribution < -0.4 is 11.1 Å². The van der Waals surface area contributed by atoms with E-state index >= 15 is 0 Å². The van der Waals surface area contributed by atoms with E-state index in [2.05, 4.69) is 15.5 Å². The Morgan fingerprint density at radius 2 is 2.09 bits per heavy atom. The molecule has 0 spiro atoms. The summed E-state index contributed by atoms with van der Waals surface area (Å²) in [7, 11) is 0. The lowest BCUT2D eigenvalue weighted by Crippen LogP contribution is -2.22. The van der Waals surface area contributed by atoms with Crippen molar-refractivity contribution in [1.29, 1.82) is 0 Å². The second-order valence-corrected chi connectivity index (χ2v) is 5.98. The standard InChI is InChI=1S/C14H20N6O2/c1-14(2,3)20-9-10(8-16-20)13(22)17-12-5-7-19(18-12)6-4-11(15)21/h5,7-9H,4,6H2,1-3H3,(H2,15,21)(H,17,18,22). The Morgan fingerprint density at radius 3 is 2.68 bits per heavy atom. The van der Waals surface area contributed by atoms with E-state index in [1.807, 2.05) is 20.8 Å². The zero-order valence-electron chi connectivity index (χ0n) is 12.9. The van der Waals surface area contributed by atoms with Crippen molar-refractivity contribution in [2.45, 2.75) is 39.3 Å². The fraction of sp³-hybridized carbons (Fsp3) is 0.429. The van der Waals surface area contributed by atoms with Crippen molar-refractivity contribution in [2.24, 2.45) is 5.73 Å². The third-order valence-electron chi connectivity index (χ3n) is 3.00. The van der Waals surface area contributed by atoms with Crippen molar-refractivity contribution in [3.8, 4) is 0 Å². The summed E-state index contributed by atoms with van der Waals surface area (Å²) in [6.07, 6.45) is 5.09. The lowest BCUT2D eigenvalue weighted by Gasteiger charge is -2.18. The third-order valence-corrected chi connectivity index (χ3v) is 3.00. The molecule has 0 aliphatic heterocycles. The SMILES string of the molecule is CC(C)(C)n1cc(C(=O)Nc2ccn(CCC(N)=O)n2)cn1. The van der Waals surface area contributed by atoms with Gasteiger partial charge in [0.1, 0.15) is 0 Å². The quantitative estimate of drug-likeness (QED) is 0.857. The van der Waals surface area contributed by atoms with Gasteiger partial charge in [0.25, 0.3) is 5.91 Å². The first-order valence-electron chi connectivity index (χ1n) is 6.94. The fourth-order valence-electron chi connectivity index (χ4n) is 1.77. The Hall–Kier alpha value is -2.64. The van der Waals surface area contributed by atoms with E-state index in [0.717, 1.165) is 0 Å². The lowest BCUT2D eigenvalue weighted by atomic mass is 10.1. The van der Waals surface area contributed by atoms with Crippen LogP contribution in [-0.2, 0) is 16.9 Å². The van der Waals surface area contributed by atoms with Crippen molar-refractivity contribution >= 4 is 17.6 Å². The highest BCUT2D eigenvalue weighted by Crippen LogP contribution is 2.14. The molecule has 2 amide bonds. The van der Waals surface area contributed by atoms with Gasteiger partial charge in [0.15, 0.2) is 5.82 Å². The van der Waals surface area contributed by atoms with Crippen LogP contribution in [-0.4, -0.2) is 31.4 Å². The molecule has 0 unspecified atom stereocenters. The maximum atomic E-state index is 12.1. The zero-order chi connectivity index (χ0) is 16.3. The van der Waals surface area contributed by atoms with Crippen LogP contribution in [0.25, 0.3) is 0 Å². The predicted octanol–water partition coefficient (Wildman–Crippen LogP) is 0.962. The van der Waals surface area contributed by atoms with Crippen LogP contribution in [0.3, 0.4) is 0 Å². The molecule has 2 aromatic heterocycles. The number of nitrogens with zero attached hydrogens (tertiary/aromatic N) is 4. The molecule has 0 fully saturated rings. The Kier molecular flexibility index (Phi) is 4.30. The molecule has 0 saturated carbocycles. The molecule has 0 aromatic carbocycles. The summed E-state index contributed by atoms with van der Waals surface area (Å²) < 4.78 is 3.28. The zero-order valence-corrected chi connectivity index (χ0v) is 12.9. The minimum Gasteiger partial charge on any atom is -0.370 e. The monoisotopic (exact) mass is 304 g/mol. The number of aryl methyl sites for hydroxylation is 1. The van der Waals surface area contributed by atoms with E-state index in [-0.39, 0.29) is 17.9 Å². The van der Waals surface area contributed by atoms with Crippen LogP contribution in [0, 0.1) is 0 Å². The number of amides is 2. The van der Waals surface area contributed by atoms with Gasteiger partial charge in [0.2, 0.25) is 5.91 Å². The van der Waals surface area contributed by atoms with E-state index in [4.69, 9.17) is 5.73 Å². The van der Waals surface area contributed by atoms with E-state index in [1.165, 1.54) is 6.20 Å². The van der Waals surface area contributed by atoms with Crippen molar-refractivity contribution < 1.29 is 9.59 Å². The molecule has 118 valence electrons. The number of nitrogens with two attached hydrogens (primary N) is 1. The average molecular weight is 304 g/mol. The minimum atomic E-state index is -0.393. The first-order chi connectivity index (χ1) is 10.3. The lowest BCUT2D eigenvalue weighted by molar-refractivity contribution is -0.118. The molecule has 3 N–H and O–H groups in total. The summed E-state index contributed by atoms with van der Waals surface area (Å²) in [5.41, 5.74) is 5.36. The highest BCUT2D eigenvalue weighted by molar-refractivity contribution is 6.03. The van der Waals surface area contributed by atoms with Crippen LogP contribution in [0.5, 0.6) is 0 Å². The summed E-state index contributed by atoms with van der Waals surface area (Å²) in [6.45, 7) is 6.39. The second kappa shape index (κ2) is 6.00. The largest absolute Gasteiger partial charge is 0.370 e. The number of hydrogen-bond donors (Lipinski definition) is 2.